The molecule has 2 fully saturated rings. The Morgan fingerprint density at radius 1 is 0.552 bits per heavy atom. The van der Waals surface area contributed by atoms with Crippen molar-refractivity contribution in [1.29, 1.82) is 5.41 Å². The molecule has 30 heteroatoms. The van der Waals surface area contributed by atoms with E-state index in [4.69, 9.17) is 11.1 Å². The quantitative estimate of drug-likeness (QED) is 0.0149. The molecule has 2 aliphatic rings. The SMILES string of the molecule is CN1C(=O)[C@@H](Cc2ccc(O)cc2)NC(=O)CNC(=O)[C@H](Cc2ccc3ccccc3c2)NC(=O)[C@H](CCCCC(=N)N)NC(=O)[C@H]1CCCNC(=O)c1ccc(NC(=O)CCCCCNC(=O)CN2CCN(CC(=O)O)CCN(CC(=O)O)CCN(CC(=O)O)CC2)cc1.[Ga+3]. The van der Waals surface area contributed by atoms with Crippen molar-refractivity contribution in [3.63, 3.8) is 0 Å². The number of phenols is 1. The first-order valence-electron chi connectivity index (χ1n) is 32.0. The second-order valence-corrected chi connectivity index (χ2v) is 23.9. The zero-order chi connectivity index (χ0) is 68.8. The van der Waals surface area contributed by atoms with Gasteiger partial charge in [-0.1, -0.05) is 67.4 Å². The largest absolute Gasteiger partial charge is 3.00 e. The van der Waals surface area contributed by atoms with E-state index in [-0.39, 0.29) is 166 Å². The number of phenolic OH excluding ortho intramolecular Hbond substituents is 1. The Balaban J connectivity index is 0.0000167. The number of carbonyl (C=O) groups is 11. The first kappa shape index (κ1) is 77.8. The molecule has 2 saturated heterocycles. The van der Waals surface area contributed by atoms with Gasteiger partial charge in [0.2, 0.25) is 41.4 Å². The van der Waals surface area contributed by atoms with Gasteiger partial charge in [-0.3, -0.25) is 77.7 Å². The summed E-state index contributed by atoms with van der Waals surface area (Å²) in [5.74, 6) is -7.79. The van der Waals surface area contributed by atoms with Crippen LogP contribution in [0.3, 0.4) is 0 Å². The molecule has 2 heterocycles. The predicted octanol–water partition coefficient (Wildman–Crippen LogP) is 0.158. The van der Waals surface area contributed by atoms with Gasteiger partial charge in [-0.05, 0) is 96.8 Å². The van der Waals surface area contributed by atoms with E-state index in [1.807, 2.05) is 47.4 Å². The zero-order valence-electron chi connectivity index (χ0n) is 54.2. The Morgan fingerprint density at radius 3 is 1.69 bits per heavy atom. The molecule has 0 saturated carbocycles. The van der Waals surface area contributed by atoms with Crippen LogP contribution in [-0.4, -0.2) is 265 Å². The summed E-state index contributed by atoms with van der Waals surface area (Å²) in [6.45, 7) is 1.09. The first-order chi connectivity index (χ1) is 45.5. The van der Waals surface area contributed by atoms with E-state index in [0.29, 0.717) is 68.6 Å². The van der Waals surface area contributed by atoms with Crippen molar-refractivity contribution in [2.45, 2.75) is 101 Å². The number of anilines is 1. The van der Waals surface area contributed by atoms with Gasteiger partial charge in [-0.15, -0.1) is 0 Å². The van der Waals surface area contributed by atoms with Gasteiger partial charge in [-0.2, -0.15) is 0 Å². The number of amidine groups is 1. The van der Waals surface area contributed by atoms with Gasteiger partial charge >= 0.3 is 37.7 Å². The summed E-state index contributed by atoms with van der Waals surface area (Å²) in [5, 5.41) is 67.6. The number of hydrogen-bond acceptors (Lipinski definition) is 17. The van der Waals surface area contributed by atoms with Crippen molar-refractivity contribution in [3.8, 4) is 5.75 Å². The maximum atomic E-state index is 14.7. The summed E-state index contributed by atoms with van der Waals surface area (Å²) < 4.78 is 0. The number of likely N-dealkylation sites (N-methyl/N-ethyl adjacent to an activating group) is 1. The zero-order valence-corrected chi connectivity index (χ0v) is 56.7. The van der Waals surface area contributed by atoms with Crippen LogP contribution < -0.4 is 43.0 Å². The Bertz CT molecular complexity index is 3280. The second-order valence-electron chi connectivity index (χ2n) is 23.9. The van der Waals surface area contributed by atoms with Crippen LogP contribution in [0.15, 0.2) is 91.0 Å². The molecule has 2 aliphatic heterocycles. The number of fused-ring (bicyclic) bond motifs is 1. The van der Waals surface area contributed by atoms with Crippen molar-refractivity contribution < 1.29 is 73.2 Å². The maximum absolute atomic E-state index is 14.7. The van der Waals surface area contributed by atoms with Crippen LogP contribution in [0.5, 0.6) is 5.75 Å². The molecule has 0 spiro atoms. The third kappa shape index (κ3) is 27.8. The first-order valence-corrected chi connectivity index (χ1v) is 32.0. The summed E-state index contributed by atoms with van der Waals surface area (Å²) in [7, 11) is 1.39. The van der Waals surface area contributed by atoms with E-state index in [2.05, 4.69) is 37.2 Å². The molecule has 29 nitrogen and oxygen atoms in total. The Hall–Kier alpha value is -8.94. The maximum Gasteiger partial charge on any atom is 3.00 e. The molecule has 0 radical (unpaired) electrons. The van der Waals surface area contributed by atoms with Crippen LogP contribution in [0.1, 0.15) is 85.7 Å². The Kier molecular flexibility index (Phi) is 32.8. The molecule has 6 rings (SSSR count). The molecule has 514 valence electrons. The summed E-state index contributed by atoms with van der Waals surface area (Å²) >= 11 is 0. The number of hydrogen-bond donors (Lipinski definition) is 13. The summed E-state index contributed by atoms with van der Waals surface area (Å²) in [5.41, 5.74) is 7.59. The number of unbranched alkanes of at least 4 members (excludes halogenated alkanes) is 3. The molecular weight excluding hydrogens is 1300 g/mol. The van der Waals surface area contributed by atoms with E-state index in [1.165, 1.54) is 36.2 Å². The molecule has 8 amide bonds. The molecule has 14 N–H and O–H groups in total. The van der Waals surface area contributed by atoms with Crippen molar-refractivity contribution in [2.75, 3.05) is 111 Å². The number of nitrogens with two attached hydrogens (primary N) is 1. The number of carboxylic acid groups (broad SMARTS) is 3. The summed E-state index contributed by atoms with van der Waals surface area (Å²) in [6.07, 6.45) is 2.95. The normalized spacial score (nSPS) is 18.7. The van der Waals surface area contributed by atoms with Crippen LogP contribution in [0, 0.1) is 5.41 Å². The number of carbonyl (C=O) groups excluding carboxylic acids is 8. The van der Waals surface area contributed by atoms with Crippen molar-refractivity contribution in [3.05, 3.63) is 108 Å². The monoisotopic (exact) mass is 1390 g/mol. The van der Waals surface area contributed by atoms with E-state index in [9.17, 15) is 73.2 Å². The number of benzene rings is 4. The van der Waals surface area contributed by atoms with Crippen LogP contribution in [0.25, 0.3) is 10.8 Å². The predicted molar refractivity (Wildman–Crippen MR) is 358 cm³/mol. The van der Waals surface area contributed by atoms with Gasteiger partial charge in [-0.25, -0.2) is 0 Å². The van der Waals surface area contributed by atoms with Gasteiger partial charge in [0, 0.05) is 109 Å². The summed E-state index contributed by atoms with van der Waals surface area (Å²) in [6, 6.07) is 20.4. The van der Waals surface area contributed by atoms with Crippen molar-refractivity contribution in [2.24, 2.45) is 5.73 Å². The number of carboxylic acids is 3. The molecule has 4 aromatic carbocycles. The number of aromatic hydroxyl groups is 1. The minimum absolute atomic E-state index is 0. The minimum Gasteiger partial charge on any atom is -0.508 e. The van der Waals surface area contributed by atoms with Crippen LogP contribution in [0.2, 0.25) is 0 Å². The molecule has 0 aliphatic carbocycles. The van der Waals surface area contributed by atoms with Crippen LogP contribution >= 0.6 is 0 Å². The standard InChI is InChI=1S/C66H90N14O15.Ga/c1-76-54(65(94)74-51(12-6-7-14-55(67)68)64(93)75-52(38-45-16-19-46-10-4-5-11-48(46)36-45)63(92)71-39-57(83)73-53(66(76)95)37-44-17-24-50(81)25-18-44)13-9-27-70-62(91)47-20-22-49(23-21-47)72-56(82)15-3-2-8-26-69-58(84)40-77-28-30-78(41-59(85)86)32-34-80(43-61(89)90)35-33-79(31-29-77)42-60(87)88;/h4-5,10-11,16-25,36,51-54,81H,2-3,6-9,12-15,26-35,37-43H2,1H3,(H3,67,68)(H,69,84)(H,70,91)(H,71,92)(H,72,82)(H,73,83)(H,74,94)(H,75,93)(H,85,86)(H,87,88)(H,89,90);/q;+3/t51-,52-,53+,54+;/m0./s1. The van der Waals surface area contributed by atoms with Gasteiger partial charge in [0.25, 0.3) is 5.91 Å². The Labute approximate surface area is 570 Å². The van der Waals surface area contributed by atoms with Gasteiger partial charge < -0.3 is 68.3 Å². The summed E-state index contributed by atoms with van der Waals surface area (Å²) in [4.78, 5) is 154. The Morgan fingerprint density at radius 2 is 1.09 bits per heavy atom. The van der Waals surface area contributed by atoms with E-state index >= 15 is 0 Å². The van der Waals surface area contributed by atoms with E-state index in [0.717, 1.165) is 10.8 Å². The third-order valence-corrected chi connectivity index (χ3v) is 16.4. The topological polar surface area (TPSA) is 419 Å². The number of nitrogens with one attached hydrogen (secondary N) is 8. The molecular formula is C66H90GaN14O15+3. The fraction of sp³-hybridized carbons (Fsp3) is 0.485. The van der Waals surface area contributed by atoms with Crippen LogP contribution in [0.4, 0.5) is 5.69 Å². The molecule has 0 unspecified atom stereocenters. The number of amides is 8. The number of nitrogens with zero attached hydrogens (tertiary/aromatic N) is 5. The van der Waals surface area contributed by atoms with E-state index in [1.54, 1.807) is 39.0 Å². The number of rotatable bonds is 29. The fourth-order valence-electron chi connectivity index (χ4n) is 11.2. The average Bonchev–Trinajstić information content (AvgIpc) is 1.12. The smallest absolute Gasteiger partial charge is 0.508 e. The molecule has 0 bridgehead atoms. The second kappa shape index (κ2) is 40.5. The van der Waals surface area contributed by atoms with Gasteiger partial charge in [0.1, 0.15) is 29.9 Å². The molecule has 0 aromatic heterocycles. The van der Waals surface area contributed by atoms with Crippen LogP contribution in [-0.2, 0) is 60.8 Å². The van der Waals surface area contributed by atoms with Gasteiger partial charge in [0.15, 0.2) is 0 Å². The average molecular weight is 1390 g/mol. The van der Waals surface area contributed by atoms with E-state index < -0.39 is 84.1 Å². The van der Waals surface area contributed by atoms with Crippen molar-refractivity contribution >= 4 is 107 Å². The van der Waals surface area contributed by atoms with Crippen molar-refractivity contribution in [1.82, 2.24) is 56.4 Å². The van der Waals surface area contributed by atoms with Gasteiger partial charge in [0.05, 0.1) is 38.6 Å². The fourth-order valence-corrected chi connectivity index (χ4v) is 11.2. The molecule has 96 heavy (non-hydrogen) atoms. The number of aliphatic carboxylic acids is 3. The minimum atomic E-state index is -1.28. The third-order valence-electron chi connectivity index (χ3n) is 16.4. The molecule has 4 aromatic rings. The molecule has 4 atom stereocenters.